The van der Waals surface area contributed by atoms with Crippen LogP contribution in [0.5, 0.6) is 0 Å². The number of rotatable bonds is 11. The fourth-order valence-electron chi connectivity index (χ4n) is 2.34. The van der Waals surface area contributed by atoms with Gasteiger partial charge in [0, 0.05) is 6.42 Å². The van der Waals surface area contributed by atoms with Crippen molar-refractivity contribution in [2.24, 2.45) is 5.41 Å². The topological polar surface area (TPSA) is 74.6 Å². The molecule has 4 nitrogen and oxygen atoms in total. The molecule has 142 valence electrons. The number of unbranched alkanes of at least 4 members (excludes halogenated alkanes) is 6. The lowest BCUT2D eigenvalue weighted by Crippen LogP contribution is -2.55. The van der Waals surface area contributed by atoms with E-state index < -0.39 is 42.5 Å². The first-order valence-corrected chi connectivity index (χ1v) is 7.45. The highest BCUT2D eigenvalue weighted by Gasteiger charge is 2.75. The summed E-state index contributed by atoms with van der Waals surface area (Å²) in [5.74, 6) is -3.87. The van der Waals surface area contributed by atoms with Gasteiger partial charge in [-0.1, -0.05) is 38.5 Å². The van der Waals surface area contributed by atoms with Crippen molar-refractivity contribution in [2.75, 3.05) is 0 Å². The molecule has 0 amide bonds. The minimum atomic E-state index is -5.92. The van der Waals surface area contributed by atoms with E-state index in [2.05, 4.69) is 0 Å². The van der Waals surface area contributed by atoms with Crippen LogP contribution in [0.25, 0.3) is 0 Å². The van der Waals surface area contributed by atoms with Gasteiger partial charge >= 0.3 is 24.3 Å². The summed E-state index contributed by atoms with van der Waals surface area (Å²) in [6.07, 6.45) is -11.3. The summed E-state index contributed by atoms with van der Waals surface area (Å²) in [6.45, 7) is 0. The minimum Gasteiger partial charge on any atom is -0.481 e. The molecule has 0 unspecified atom stereocenters. The normalized spacial score (nSPS) is 13.1. The third-order valence-electron chi connectivity index (χ3n) is 3.78. The molecule has 0 aliphatic heterocycles. The Balaban J connectivity index is 4.37. The Labute approximate surface area is 134 Å². The summed E-state index contributed by atoms with van der Waals surface area (Å²) >= 11 is 0. The van der Waals surface area contributed by atoms with E-state index in [-0.39, 0.29) is 12.8 Å². The van der Waals surface area contributed by atoms with Crippen molar-refractivity contribution in [3.8, 4) is 0 Å². The Hall–Kier alpha value is -1.48. The molecule has 0 atom stereocenters. The number of aliphatic carboxylic acids is 2. The van der Waals surface area contributed by atoms with Crippen LogP contribution in [-0.4, -0.2) is 34.5 Å². The molecular weight excluding hydrogens is 346 g/mol. The van der Waals surface area contributed by atoms with Crippen molar-refractivity contribution in [3.63, 3.8) is 0 Å². The Bertz CT molecular complexity index is 402. The van der Waals surface area contributed by atoms with Crippen molar-refractivity contribution in [1.82, 2.24) is 0 Å². The van der Waals surface area contributed by atoms with E-state index in [4.69, 9.17) is 10.2 Å². The van der Waals surface area contributed by atoms with Crippen molar-refractivity contribution >= 4 is 11.9 Å². The van der Waals surface area contributed by atoms with Crippen LogP contribution in [0, 0.1) is 5.41 Å². The summed E-state index contributed by atoms with van der Waals surface area (Å²) in [4.78, 5) is 21.0. The first kappa shape index (κ1) is 22.5. The number of carbonyl (C=O) groups is 2. The molecule has 10 heteroatoms. The standard InChI is InChI=1S/C14H20F6O4/c15-13(16,17)12(11(23)24,14(18,19)20)9-7-5-3-1-2-4-6-8-10(21)22/h1-9H2,(H,21,22)(H,23,24). The van der Waals surface area contributed by atoms with Crippen LogP contribution in [0.1, 0.15) is 57.8 Å². The molecule has 0 aromatic rings. The van der Waals surface area contributed by atoms with Crippen molar-refractivity contribution in [2.45, 2.75) is 70.1 Å². The molecule has 0 radical (unpaired) electrons. The van der Waals surface area contributed by atoms with E-state index >= 15 is 0 Å². The van der Waals surface area contributed by atoms with Gasteiger partial charge in [-0.15, -0.1) is 0 Å². The molecule has 0 saturated heterocycles. The highest BCUT2D eigenvalue weighted by molar-refractivity contribution is 5.76. The Morgan fingerprint density at radius 2 is 1.04 bits per heavy atom. The van der Waals surface area contributed by atoms with Gasteiger partial charge in [0.25, 0.3) is 5.41 Å². The van der Waals surface area contributed by atoms with Crippen molar-refractivity contribution in [3.05, 3.63) is 0 Å². The van der Waals surface area contributed by atoms with Gasteiger partial charge in [0.15, 0.2) is 0 Å². The molecule has 0 spiro atoms. The maximum atomic E-state index is 12.8. The average Bonchev–Trinajstić information content (AvgIpc) is 2.37. The van der Waals surface area contributed by atoms with Gasteiger partial charge in [-0.25, -0.2) is 0 Å². The van der Waals surface area contributed by atoms with Gasteiger partial charge in [-0.2, -0.15) is 26.3 Å². The molecule has 0 bridgehead atoms. The molecule has 0 rings (SSSR count). The van der Waals surface area contributed by atoms with E-state index in [0.717, 1.165) is 0 Å². The fourth-order valence-corrected chi connectivity index (χ4v) is 2.34. The van der Waals surface area contributed by atoms with Crippen molar-refractivity contribution < 1.29 is 46.1 Å². The SMILES string of the molecule is O=C(O)CCCCCCCCCC(C(=O)O)(C(F)(F)F)C(F)(F)F. The number of hydrogen-bond acceptors (Lipinski definition) is 2. The van der Waals surface area contributed by atoms with Gasteiger partial charge in [-0.05, 0) is 12.8 Å². The maximum Gasteiger partial charge on any atom is 0.413 e. The second-order valence-corrected chi connectivity index (χ2v) is 5.57. The lowest BCUT2D eigenvalue weighted by molar-refractivity contribution is -0.333. The van der Waals surface area contributed by atoms with Crippen molar-refractivity contribution in [1.29, 1.82) is 0 Å². The predicted octanol–water partition coefficient (Wildman–Crippen LogP) is 4.78. The molecule has 0 saturated carbocycles. The molecule has 0 heterocycles. The number of halogens is 6. The molecular formula is C14H20F6O4. The molecule has 0 aromatic heterocycles. The van der Waals surface area contributed by atoms with Gasteiger partial charge in [0.05, 0.1) is 0 Å². The van der Waals surface area contributed by atoms with Crippen LogP contribution in [0.15, 0.2) is 0 Å². The lowest BCUT2D eigenvalue weighted by Gasteiger charge is -2.33. The maximum absolute atomic E-state index is 12.8. The van der Waals surface area contributed by atoms with E-state index in [9.17, 15) is 35.9 Å². The largest absolute Gasteiger partial charge is 0.481 e. The highest BCUT2D eigenvalue weighted by Crippen LogP contribution is 2.53. The van der Waals surface area contributed by atoms with E-state index in [1.807, 2.05) is 0 Å². The van der Waals surface area contributed by atoms with E-state index in [1.54, 1.807) is 0 Å². The van der Waals surface area contributed by atoms with Crippen LogP contribution < -0.4 is 0 Å². The first-order chi connectivity index (χ1) is 10.9. The summed E-state index contributed by atoms with van der Waals surface area (Å²) in [5.41, 5.74) is -4.73. The van der Waals surface area contributed by atoms with Gasteiger partial charge in [-0.3, -0.25) is 9.59 Å². The third-order valence-corrected chi connectivity index (χ3v) is 3.78. The zero-order valence-electron chi connectivity index (χ0n) is 12.8. The van der Waals surface area contributed by atoms with Crippen LogP contribution in [-0.2, 0) is 9.59 Å². The van der Waals surface area contributed by atoms with E-state index in [0.29, 0.717) is 32.1 Å². The number of alkyl halides is 6. The zero-order chi connectivity index (χ0) is 19.0. The highest BCUT2D eigenvalue weighted by atomic mass is 19.4. The minimum absolute atomic E-state index is 0.0122. The summed E-state index contributed by atoms with van der Waals surface area (Å²) in [5, 5.41) is 17.0. The second-order valence-electron chi connectivity index (χ2n) is 5.57. The third kappa shape index (κ3) is 6.20. The first-order valence-electron chi connectivity index (χ1n) is 7.45. The summed E-state index contributed by atoms with van der Waals surface area (Å²) in [6, 6.07) is 0. The van der Waals surface area contributed by atoms with Gasteiger partial charge < -0.3 is 10.2 Å². The lowest BCUT2D eigenvalue weighted by atomic mass is 9.80. The molecule has 0 aromatic carbocycles. The zero-order valence-corrected chi connectivity index (χ0v) is 12.8. The monoisotopic (exact) mass is 366 g/mol. The number of hydrogen-bond donors (Lipinski definition) is 2. The summed E-state index contributed by atoms with van der Waals surface area (Å²) < 4.78 is 76.5. The molecule has 2 N–H and O–H groups in total. The van der Waals surface area contributed by atoms with Crippen LogP contribution >= 0.6 is 0 Å². The Morgan fingerprint density at radius 1 is 0.667 bits per heavy atom. The summed E-state index contributed by atoms with van der Waals surface area (Å²) in [7, 11) is 0. The number of carboxylic acids is 2. The van der Waals surface area contributed by atoms with Gasteiger partial charge in [0.1, 0.15) is 0 Å². The number of carboxylic acid groups (broad SMARTS) is 2. The molecule has 24 heavy (non-hydrogen) atoms. The van der Waals surface area contributed by atoms with E-state index in [1.165, 1.54) is 0 Å². The van der Waals surface area contributed by atoms with Crippen LogP contribution in [0.4, 0.5) is 26.3 Å². The Morgan fingerprint density at radius 3 is 1.38 bits per heavy atom. The molecule has 0 fully saturated rings. The smallest absolute Gasteiger partial charge is 0.413 e. The second kappa shape index (κ2) is 9.12. The Kier molecular flexibility index (Phi) is 8.56. The molecule has 0 aliphatic rings. The molecule has 0 aliphatic carbocycles. The van der Waals surface area contributed by atoms with Gasteiger partial charge in [0.2, 0.25) is 0 Å². The quantitative estimate of drug-likeness (QED) is 0.408. The fraction of sp³-hybridized carbons (Fsp3) is 0.857. The average molecular weight is 366 g/mol. The predicted molar refractivity (Wildman–Crippen MR) is 71.4 cm³/mol. The van der Waals surface area contributed by atoms with Crippen LogP contribution in [0.3, 0.4) is 0 Å². The van der Waals surface area contributed by atoms with Crippen LogP contribution in [0.2, 0.25) is 0 Å².